The van der Waals surface area contributed by atoms with Crippen LogP contribution >= 0.6 is 8.37 Å². The Balaban J connectivity index is -0.0000000303. The Morgan fingerprint density at radius 3 is 0.571 bits per heavy atom. The maximum atomic E-state index is 7.50. The Labute approximate surface area is 142 Å². The largest absolute Gasteiger partial charge is 0 e. The van der Waals surface area contributed by atoms with Crippen LogP contribution in [0.4, 0.5) is 0 Å². The fourth-order valence-corrected chi connectivity index (χ4v) is 3.60. The molecule has 0 spiro atoms. The third-order valence-electron chi connectivity index (χ3n) is 1.20. The van der Waals surface area contributed by atoms with Gasteiger partial charge in [-0.15, -0.1) is 0 Å². The van der Waals surface area contributed by atoms with Gasteiger partial charge in [0, 0.05) is 63.4 Å². The minimum atomic E-state index is -0.596. The Morgan fingerprint density at radius 1 is 0.476 bits per heavy atom. The second-order valence-electron chi connectivity index (χ2n) is 2.98. The molecule has 0 atom stereocenters. The number of hydrogen-bond acceptors (Lipinski definition) is 3. The number of rotatable bonds is 3. The van der Waals surface area contributed by atoms with E-state index in [9.17, 15) is 0 Å². The number of hydrogen-bond donors (Lipinski definition) is 0. The normalized spacial score (nSPS) is 6.48. The molecule has 0 saturated carbocycles. The summed E-state index contributed by atoms with van der Waals surface area (Å²) in [6.45, 7) is 22.5. The minimum absolute atomic E-state index is 0. The summed E-state index contributed by atoms with van der Waals surface area (Å²) >= 11 is 0. The van der Waals surface area contributed by atoms with E-state index in [4.69, 9.17) is 23.3 Å². The first-order valence-corrected chi connectivity index (χ1v) is 5.72. The third kappa shape index (κ3) is 45.1. The van der Waals surface area contributed by atoms with Crippen molar-refractivity contribution in [3.8, 4) is 0 Å². The Bertz CT molecular complexity index is 211. The molecule has 0 radical (unpaired) electrons. The molecular formula is C11H19MoN3O5P+. The van der Waals surface area contributed by atoms with Gasteiger partial charge in [-0.2, -0.15) is 14.0 Å². The summed E-state index contributed by atoms with van der Waals surface area (Å²) in [7, 11) is 12.1. The molecule has 0 aromatic carbocycles. The van der Waals surface area contributed by atoms with Gasteiger partial charge in [0.05, 0.1) is 0 Å². The van der Waals surface area contributed by atoms with Crippen molar-refractivity contribution in [2.24, 2.45) is 0 Å². The zero-order valence-corrected chi connectivity index (χ0v) is 15.8. The molecule has 0 aromatic rings. The van der Waals surface area contributed by atoms with E-state index in [1.807, 2.05) is 0 Å². The molecule has 0 rings (SSSR count). The molecule has 0 heterocycles. The van der Waals surface area contributed by atoms with Crippen LogP contribution in [0.3, 0.4) is 0 Å². The van der Waals surface area contributed by atoms with Crippen molar-refractivity contribution in [1.82, 2.24) is 14.0 Å². The van der Waals surface area contributed by atoms with Crippen molar-refractivity contribution < 1.29 is 44.3 Å². The summed E-state index contributed by atoms with van der Waals surface area (Å²) in [5, 5.41) is 0. The van der Waals surface area contributed by atoms with Crippen LogP contribution in [-0.4, -0.2) is 56.3 Å². The van der Waals surface area contributed by atoms with Crippen LogP contribution < -0.4 is 0 Å². The fraction of sp³-hybridized carbons (Fsp3) is 0.545. The summed E-state index contributed by atoms with van der Waals surface area (Å²) in [4.78, 5) is 0. The van der Waals surface area contributed by atoms with Crippen molar-refractivity contribution in [3.63, 3.8) is 0 Å². The van der Waals surface area contributed by atoms with E-state index < -0.39 is 8.37 Å². The molecule has 0 saturated heterocycles. The van der Waals surface area contributed by atoms with Crippen molar-refractivity contribution in [3.05, 3.63) is 33.3 Å². The average molecular weight is 400 g/mol. The SMILES string of the molecule is CN(C)[PH+](N(C)C)N(C)C.[C-]#[O+].[C-]#[O+].[C-]#[O+].[C-]#[O+].[C-]#[O+].[Mo]. The zero-order chi connectivity index (χ0) is 18.3. The fourth-order valence-electron chi connectivity index (χ4n) is 1.20. The summed E-state index contributed by atoms with van der Waals surface area (Å²) in [6, 6.07) is 0. The van der Waals surface area contributed by atoms with Gasteiger partial charge < -0.3 is 0 Å². The zero-order valence-electron chi connectivity index (χ0n) is 12.8. The van der Waals surface area contributed by atoms with E-state index in [1.165, 1.54) is 0 Å². The van der Waals surface area contributed by atoms with Crippen LogP contribution in [0.15, 0.2) is 0 Å². The molecular weight excluding hydrogens is 381 g/mol. The predicted octanol–water partition coefficient (Wildman–Crippen LogP) is 0.440. The van der Waals surface area contributed by atoms with Gasteiger partial charge >= 0.3 is 56.5 Å². The van der Waals surface area contributed by atoms with E-state index in [2.05, 4.69) is 89.5 Å². The molecule has 10 heteroatoms. The van der Waals surface area contributed by atoms with E-state index in [1.54, 1.807) is 0 Å². The molecule has 0 unspecified atom stereocenters. The van der Waals surface area contributed by atoms with E-state index in [0.717, 1.165) is 0 Å². The first-order valence-electron chi connectivity index (χ1n) is 4.37. The van der Waals surface area contributed by atoms with Gasteiger partial charge in [0.15, 0.2) is 0 Å². The second kappa shape index (κ2) is 50.3. The maximum Gasteiger partial charge on any atom is 0 e. The molecule has 0 aliphatic rings. The molecule has 0 aliphatic carbocycles. The van der Waals surface area contributed by atoms with Crippen LogP contribution in [0.5, 0.6) is 0 Å². The maximum absolute atomic E-state index is 7.50. The Kier molecular flexibility index (Phi) is 103. The van der Waals surface area contributed by atoms with Gasteiger partial charge in [-0.05, 0) is 0 Å². The van der Waals surface area contributed by atoms with Gasteiger partial charge in [-0.1, -0.05) is 0 Å². The molecule has 8 nitrogen and oxygen atoms in total. The Hall–Kier alpha value is -0.302. The quantitative estimate of drug-likeness (QED) is 0.297. The van der Waals surface area contributed by atoms with Gasteiger partial charge in [0.2, 0.25) is 8.37 Å². The molecule has 0 bridgehead atoms. The van der Waals surface area contributed by atoms with Gasteiger partial charge in [-0.25, -0.2) is 0 Å². The van der Waals surface area contributed by atoms with Gasteiger partial charge in [0.1, 0.15) is 0 Å². The van der Waals surface area contributed by atoms with Crippen molar-refractivity contribution in [2.75, 3.05) is 42.3 Å². The molecule has 118 valence electrons. The van der Waals surface area contributed by atoms with E-state index in [0.29, 0.717) is 0 Å². The van der Waals surface area contributed by atoms with Crippen LogP contribution in [0.25, 0.3) is 0 Å². The summed E-state index contributed by atoms with van der Waals surface area (Å²) < 4.78 is 44.3. The molecule has 0 aromatic heterocycles. The standard InChI is InChI=1S/C6H18N3P.5CO.Mo/c1-7(2)10(8(3)4)9(5)6;5*1-2;/h1-6H3;;;;;;/p+1. The second-order valence-corrected chi connectivity index (χ2v) is 6.27. The first-order chi connectivity index (χ1) is 9.46. The van der Waals surface area contributed by atoms with Crippen molar-refractivity contribution >= 4 is 8.37 Å². The van der Waals surface area contributed by atoms with Crippen LogP contribution in [-0.2, 0) is 44.3 Å². The van der Waals surface area contributed by atoms with Gasteiger partial charge in [-0.3, -0.25) is 0 Å². The van der Waals surface area contributed by atoms with Crippen molar-refractivity contribution in [2.45, 2.75) is 0 Å². The van der Waals surface area contributed by atoms with Crippen LogP contribution in [0.2, 0.25) is 0 Å². The molecule has 0 fully saturated rings. The third-order valence-corrected chi connectivity index (χ3v) is 3.60. The van der Waals surface area contributed by atoms with Crippen molar-refractivity contribution in [1.29, 1.82) is 0 Å². The molecule has 21 heavy (non-hydrogen) atoms. The van der Waals surface area contributed by atoms with Crippen LogP contribution in [0.1, 0.15) is 0 Å². The van der Waals surface area contributed by atoms with Crippen LogP contribution in [0, 0.1) is 33.3 Å². The van der Waals surface area contributed by atoms with E-state index in [-0.39, 0.29) is 21.1 Å². The average Bonchev–Trinajstić information content (AvgIpc) is 2.48. The predicted molar refractivity (Wildman–Crippen MR) is 69.0 cm³/mol. The van der Waals surface area contributed by atoms with E-state index >= 15 is 0 Å². The molecule has 0 N–H and O–H groups in total. The monoisotopic (exact) mass is 402 g/mol. The minimum Gasteiger partial charge on any atom is 0 e. The summed E-state index contributed by atoms with van der Waals surface area (Å²) in [5.41, 5.74) is 0. The molecule has 0 aliphatic heterocycles. The Morgan fingerprint density at radius 2 is 0.571 bits per heavy atom. The van der Waals surface area contributed by atoms with Gasteiger partial charge in [0.25, 0.3) is 0 Å². The summed E-state index contributed by atoms with van der Waals surface area (Å²) in [6.07, 6.45) is 0. The number of nitrogens with zero attached hydrogens (tertiary/aromatic N) is 3. The topological polar surface area (TPSA) is 109 Å². The summed E-state index contributed by atoms with van der Waals surface area (Å²) in [5.74, 6) is 0. The molecule has 0 amide bonds. The smallest absolute Gasteiger partial charge is 0 e. The first kappa shape index (κ1) is 42.8.